The van der Waals surface area contributed by atoms with E-state index in [4.69, 9.17) is 5.73 Å². The molecule has 0 fully saturated rings. The van der Waals surface area contributed by atoms with Gasteiger partial charge < -0.3 is 36.8 Å². The highest BCUT2D eigenvalue weighted by Crippen LogP contribution is 2.52. The van der Waals surface area contributed by atoms with Crippen molar-refractivity contribution in [2.75, 3.05) is 12.4 Å². The molecule has 0 radical (unpaired) electrons. The predicted octanol–water partition coefficient (Wildman–Crippen LogP) is 2.22. The van der Waals surface area contributed by atoms with E-state index in [1.54, 1.807) is 13.1 Å². The summed E-state index contributed by atoms with van der Waals surface area (Å²) in [6.45, 7) is 2.79. The van der Waals surface area contributed by atoms with Gasteiger partial charge in [0.15, 0.2) is 11.4 Å². The molecule has 39 heavy (non-hydrogen) atoms. The second kappa shape index (κ2) is 9.55. The molecule has 204 valence electrons. The number of ketones is 2. The molecule has 1 amide bonds. The normalized spacial score (nSPS) is 24.3. The second-order valence-corrected chi connectivity index (χ2v) is 10.5. The summed E-state index contributed by atoms with van der Waals surface area (Å²) in [7, 11) is 1.71. The van der Waals surface area contributed by atoms with Crippen molar-refractivity contribution in [2.45, 2.75) is 44.9 Å². The first-order valence-electron chi connectivity index (χ1n) is 12.8. The third kappa shape index (κ3) is 4.07. The standard InChI is InChI=1S/C29H31N3O7/c1-13-3-5-14(6-4-13)11-32-12-16-9-19(31-2)18-8-15-7-17-10-20(33)23(28(30)38)27(37)29(17,39)26(36)21(15)25(35)22(18)24(16)34/h3-6,9,15,17,31-34,36,39H,7-8,10-12H2,1-2H3,(H2,30,38)/t15-,17+,29+/m1/s1. The van der Waals surface area contributed by atoms with E-state index in [0.29, 0.717) is 23.4 Å². The molecule has 0 saturated heterocycles. The van der Waals surface area contributed by atoms with E-state index in [2.05, 4.69) is 10.6 Å². The van der Waals surface area contributed by atoms with E-state index in [-0.39, 0.29) is 42.7 Å². The van der Waals surface area contributed by atoms with Crippen molar-refractivity contribution >= 4 is 23.2 Å². The Morgan fingerprint density at radius 2 is 1.79 bits per heavy atom. The van der Waals surface area contributed by atoms with Gasteiger partial charge >= 0.3 is 0 Å². The van der Waals surface area contributed by atoms with Crippen molar-refractivity contribution in [3.05, 3.63) is 80.8 Å². The minimum absolute atomic E-state index is 0.00870. The fourth-order valence-corrected chi connectivity index (χ4v) is 6.15. The summed E-state index contributed by atoms with van der Waals surface area (Å²) in [5.41, 5.74) is 5.56. The summed E-state index contributed by atoms with van der Waals surface area (Å²) in [5, 5.41) is 50.5. The largest absolute Gasteiger partial charge is 0.511 e. The van der Waals surface area contributed by atoms with Crippen LogP contribution < -0.4 is 16.4 Å². The molecule has 3 aliphatic rings. The fraction of sp³-hybridized carbons (Fsp3) is 0.345. The average molecular weight is 534 g/mol. The number of aliphatic hydroxyl groups excluding tert-OH is 2. The summed E-state index contributed by atoms with van der Waals surface area (Å²) in [6.07, 6.45) is 0.0764. The number of primary amides is 1. The smallest absolute Gasteiger partial charge is 0.255 e. The lowest BCUT2D eigenvalue weighted by atomic mass is 9.60. The van der Waals surface area contributed by atoms with Gasteiger partial charge in [-0.1, -0.05) is 29.8 Å². The number of aromatic hydroxyl groups is 1. The van der Waals surface area contributed by atoms with Crippen molar-refractivity contribution in [1.29, 1.82) is 0 Å². The molecule has 2 aromatic carbocycles. The van der Waals surface area contributed by atoms with Crippen LogP contribution in [-0.2, 0) is 29.1 Å². The number of aliphatic hydroxyl groups is 3. The SMILES string of the molecule is CNc1cc(CNCc2ccc(C)cc2)c(O)c2c1C[C@H]1C[C@H]3CC(O)=C(C(N)=O)C(=O)[C@@]3(O)C(O)=C1C2=O. The van der Waals surface area contributed by atoms with Gasteiger partial charge in [-0.2, -0.15) is 0 Å². The molecule has 5 rings (SSSR count). The molecular formula is C29H31N3O7. The van der Waals surface area contributed by atoms with Crippen LogP contribution in [0.4, 0.5) is 5.69 Å². The quantitative estimate of drug-likeness (QED) is 0.216. The Morgan fingerprint density at radius 3 is 2.44 bits per heavy atom. The number of Topliss-reactive ketones (excluding diaryl/α,β-unsaturated/α-hetero) is 2. The molecule has 0 unspecified atom stereocenters. The van der Waals surface area contributed by atoms with Gasteiger partial charge in [0.2, 0.25) is 5.78 Å². The molecule has 0 spiro atoms. The van der Waals surface area contributed by atoms with Crippen LogP contribution in [0, 0.1) is 18.8 Å². The summed E-state index contributed by atoms with van der Waals surface area (Å²) in [4.78, 5) is 38.8. The van der Waals surface area contributed by atoms with Crippen LogP contribution in [0.3, 0.4) is 0 Å². The molecule has 2 aromatic rings. The van der Waals surface area contributed by atoms with Crippen LogP contribution in [0.15, 0.2) is 53.0 Å². The van der Waals surface area contributed by atoms with Gasteiger partial charge in [0.25, 0.3) is 5.91 Å². The summed E-state index contributed by atoms with van der Waals surface area (Å²) >= 11 is 0. The number of amides is 1. The van der Waals surface area contributed by atoms with Gasteiger partial charge in [-0.3, -0.25) is 14.4 Å². The Labute approximate surface area is 224 Å². The van der Waals surface area contributed by atoms with Crippen LogP contribution in [0.1, 0.15) is 45.5 Å². The number of aryl methyl sites for hydroxylation is 1. The lowest BCUT2D eigenvalue weighted by molar-refractivity contribution is -0.144. The maximum Gasteiger partial charge on any atom is 0.255 e. The van der Waals surface area contributed by atoms with Crippen molar-refractivity contribution in [2.24, 2.45) is 17.6 Å². The first-order chi connectivity index (χ1) is 18.5. The molecular weight excluding hydrogens is 502 g/mol. The van der Waals surface area contributed by atoms with E-state index in [1.165, 1.54) is 0 Å². The number of phenolic OH excluding ortho intramolecular Hbond substituents is 1. The topological polar surface area (TPSA) is 182 Å². The number of carbonyl (C=O) groups is 3. The lowest BCUT2D eigenvalue weighted by Gasteiger charge is -2.45. The number of hydrogen-bond acceptors (Lipinski definition) is 9. The van der Waals surface area contributed by atoms with Gasteiger partial charge in [0.05, 0.1) is 5.56 Å². The minimum atomic E-state index is -2.58. The highest BCUT2D eigenvalue weighted by atomic mass is 16.3. The van der Waals surface area contributed by atoms with E-state index >= 15 is 0 Å². The Bertz CT molecular complexity index is 1470. The van der Waals surface area contributed by atoms with Gasteiger partial charge in [0, 0.05) is 49.3 Å². The Balaban J connectivity index is 1.52. The van der Waals surface area contributed by atoms with Gasteiger partial charge in [-0.05, 0) is 42.9 Å². The first kappa shape index (κ1) is 26.5. The second-order valence-electron chi connectivity index (χ2n) is 10.5. The monoisotopic (exact) mass is 533 g/mol. The molecule has 3 aliphatic carbocycles. The summed E-state index contributed by atoms with van der Waals surface area (Å²) in [5.74, 6) is -6.36. The van der Waals surface area contributed by atoms with Crippen molar-refractivity contribution in [3.8, 4) is 5.75 Å². The third-order valence-electron chi connectivity index (χ3n) is 8.18. The highest BCUT2D eigenvalue weighted by Gasteiger charge is 2.59. The molecule has 10 nitrogen and oxygen atoms in total. The number of nitrogens with two attached hydrogens (primary N) is 1. The number of nitrogens with one attached hydrogen (secondary N) is 2. The number of benzene rings is 2. The van der Waals surface area contributed by atoms with E-state index in [0.717, 1.165) is 11.1 Å². The van der Waals surface area contributed by atoms with Gasteiger partial charge in [0.1, 0.15) is 22.8 Å². The van der Waals surface area contributed by atoms with Gasteiger partial charge in [-0.15, -0.1) is 0 Å². The number of hydrogen-bond donors (Lipinski definition) is 7. The Morgan fingerprint density at radius 1 is 1.10 bits per heavy atom. The number of phenols is 1. The molecule has 0 aliphatic heterocycles. The number of allylic oxidation sites excluding steroid dienone is 2. The predicted molar refractivity (Wildman–Crippen MR) is 142 cm³/mol. The van der Waals surface area contributed by atoms with Crippen molar-refractivity contribution < 1.29 is 34.8 Å². The first-order valence-corrected chi connectivity index (χ1v) is 12.8. The van der Waals surface area contributed by atoms with Crippen LogP contribution >= 0.6 is 0 Å². The Hall–Kier alpha value is -4.15. The lowest BCUT2D eigenvalue weighted by Crippen LogP contribution is -2.57. The molecule has 0 saturated carbocycles. The molecule has 0 heterocycles. The fourth-order valence-electron chi connectivity index (χ4n) is 6.15. The molecule has 0 bridgehead atoms. The zero-order chi connectivity index (χ0) is 28.2. The van der Waals surface area contributed by atoms with Crippen molar-refractivity contribution in [1.82, 2.24) is 5.32 Å². The maximum atomic E-state index is 13.8. The van der Waals surface area contributed by atoms with E-state index in [9.17, 15) is 34.8 Å². The molecule has 0 aromatic heterocycles. The van der Waals surface area contributed by atoms with Crippen LogP contribution in [0.2, 0.25) is 0 Å². The number of carbonyl (C=O) groups excluding carboxylic acids is 3. The van der Waals surface area contributed by atoms with Gasteiger partial charge in [-0.25, -0.2) is 0 Å². The van der Waals surface area contributed by atoms with Crippen molar-refractivity contribution in [3.63, 3.8) is 0 Å². The number of rotatable bonds is 6. The van der Waals surface area contributed by atoms with Crippen LogP contribution in [-0.4, -0.2) is 50.5 Å². The number of anilines is 1. The minimum Gasteiger partial charge on any atom is -0.511 e. The molecule has 8 N–H and O–H groups in total. The highest BCUT2D eigenvalue weighted by molar-refractivity contribution is 6.24. The summed E-state index contributed by atoms with van der Waals surface area (Å²) in [6, 6.07) is 9.78. The zero-order valence-corrected chi connectivity index (χ0v) is 21.7. The van der Waals surface area contributed by atoms with E-state index in [1.807, 2.05) is 31.2 Å². The summed E-state index contributed by atoms with van der Waals surface area (Å²) < 4.78 is 0. The van der Waals surface area contributed by atoms with E-state index < -0.39 is 52.0 Å². The molecule has 10 heteroatoms. The average Bonchev–Trinajstić information content (AvgIpc) is 2.88. The Kier molecular flexibility index (Phi) is 6.48. The number of fused-ring (bicyclic) bond motifs is 3. The maximum absolute atomic E-state index is 13.8. The zero-order valence-electron chi connectivity index (χ0n) is 21.7. The van der Waals surface area contributed by atoms with Crippen LogP contribution in [0.25, 0.3) is 0 Å². The van der Waals surface area contributed by atoms with Crippen LogP contribution in [0.5, 0.6) is 5.75 Å². The molecule has 3 atom stereocenters. The third-order valence-corrected chi connectivity index (χ3v) is 8.18.